The summed E-state index contributed by atoms with van der Waals surface area (Å²) in [4.78, 5) is 13.9. The molecule has 1 aliphatic rings. The minimum absolute atomic E-state index is 0. The Balaban J connectivity index is 0.00000312. The Morgan fingerprint density at radius 1 is 1.28 bits per heavy atom. The number of hydrogen-bond donors (Lipinski definition) is 1. The summed E-state index contributed by atoms with van der Waals surface area (Å²) in [6.07, 6.45) is 1.69. The molecule has 0 aromatic heterocycles. The van der Waals surface area contributed by atoms with Crippen LogP contribution in [0.15, 0.2) is 29.2 Å². The predicted octanol–water partition coefficient (Wildman–Crippen LogP) is 1.47. The fourth-order valence-corrected chi connectivity index (χ4v) is 3.92. The Morgan fingerprint density at radius 3 is 2.48 bits per heavy atom. The lowest BCUT2D eigenvalue weighted by Crippen LogP contribution is -2.38. The van der Waals surface area contributed by atoms with E-state index in [1.807, 2.05) is 0 Å². The summed E-state index contributed by atoms with van der Waals surface area (Å²) in [7, 11) is -0.401. The molecule has 1 aromatic rings. The van der Waals surface area contributed by atoms with Crippen molar-refractivity contribution < 1.29 is 17.6 Å². The van der Waals surface area contributed by atoms with E-state index in [4.69, 9.17) is 0 Å². The van der Waals surface area contributed by atoms with Crippen LogP contribution in [0, 0.1) is 5.82 Å². The van der Waals surface area contributed by atoms with Gasteiger partial charge in [0.25, 0.3) is 0 Å². The van der Waals surface area contributed by atoms with Gasteiger partial charge in [-0.15, -0.1) is 12.4 Å². The number of nitrogens with zero attached hydrogens (tertiary/aromatic N) is 2. The molecular formula is C16H25ClFN3O3S. The fourth-order valence-electron chi connectivity index (χ4n) is 2.71. The molecule has 0 bridgehead atoms. The lowest BCUT2D eigenvalue weighted by atomic mass is 10.2. The number of benzene rings is 1. The highest BCUT2D eigenvalue weighted by molar-refractivity contribution is 7.89. The van der Waals surface area contributed by atoms with Crippen molar-refractivity contribution in [3.63, 3.8) is 0 Å². The maximum absolute atomic E-state index is 12.9. The summed E-state index contributed by atoms with van der Waals surface area (Å²) in [5.41, 5.74) is 0. The molecule has 1 fully saturated rings. The first-order chi connectivity index (χ1) is 11.3. The van der Waals surface area contributed by atoms with E-state index >= 15 is 0 Å². The Kier molecular flexibility index (Phi) is 8.27. The summed E-state index contributed by atoms with van der Waals surface area (Å²) in [6, 6.07) is 4.95. The fraction of sp³-hybridized carbons (Fsp3) is 0.562. The summed E-state index contributed by atoms with van der Waals surface area (Å²) < 4.78 is 38.8. The quantitative estimate of drug-likeness (QED) is 0.761. The van der Waals surface area contributed by atoms with Crippen molar-refractivity contribution in [1.82, 2.24) is 14.5 Å². The van der Waals surface area contributed by atoms with Crippen LogP contribution >= 0.6 is 12.4 Å². The first-order valence-electron chi connectivity index (χ1n) is 8.00. The molecule has 1 atom stereocenters. The lowest BCUT2D eigenvalue weighted by Gasteiger charge is -2.24. The van der Waals surface area contributed by atoms with Crippen molar-refractivity contribution >= 4 is 28.3 Å². The molecule has 1 aromatic carbocycles. The molecule has 9 heteroatoms. The number of carbonyl (C=O) groups is 1. The number of halogens is 2. The van der Waals surface area contributed by atoms with Gasteiger partial charge in [0.05, 0.1) is 4.90 Å². The third-order valence-electron chi connectivity index (χ3n) is 4.36. The van der Waals surface area contributed by atoms with Gasteiger partial charge in [0.1, 0.15) is 5.82 Å². The van der Waals surface area contributed by atoms with Crippen LogP contribution in [-0.2, 0) is 14.8 Å². The van der Waals surface area contributed by atoms with Crippen molar-refractivity contribution in [3.8, 4) is 0 Å². The maximum atomic E-state index is 12.9. The average Bonchev–Trinajstić information content (AvgIpc) is 3.08. The molecule has 1 amide bonds. The molecule has 0 radical (unpaired) electrons. The maximum Gasteiger partial charge on any atom is 0.242 e. The number of amides is 1. The highest BCUT2D eigenvalue weighted by Crippen LogP contribution is 2.16. The van der Waals surface area contributed by atoms with Gasteiger partial charge in [0.2, 0.25) is 15.9 Å². The van der Waals surface area contributed by atoms with Crippen LogP contribution in [0.25, 0.3) is 0 Å². The Hall–Kier alpha value is -1.22. The zero-order valence-electron chi connectivity index (χ0n) is 14.4. The Labute approximate surface area is 154 Å². The van der Waals surface area contributed by atoms with Crippen LogP contribution in [-0.4, -0.2) is 63.3 Å². The molecular weight excluding hydrogens is 369 g/mol. The van der Waals surface area contributed by atoms with Gasteiger partial charge in [-0.05, 0) is 43.7 Å². The highest BCUT2D eigenvalue weighted by Gasteiger charge is 2.24. The highest BCUT2D eigenvalue weighted by atomic mass is 35.5. The minimum atomic E-state index is -3.66. The van der Waals surface area contributed by atoms with Crippen molar-refractivity contribution in [2.24, 2.45) is 0 Å². The summed E-state index contributed by atoms with van der Waals surface area (Å²) >= 11 is 0. The van der Waals surface area contributed by atoms with Crippen LogP contribution in [0.5, 0.6) is 0 Å². The van der Waals surface area contributed by atoms with Gasteiger partial charge in [0.15, 0.2) is 0 Å². The molecule has 142 valence electrons. The van der Waals surface area contributed by atoms with Crippen LogP contribution in [0.3, 0.4) is 0 Å². The number of carbonyl (C=O) groups excluding carboxylic acids is 1. The predicted molar refractivity (Wildman–Crippen MR) is 96.7 cm³/mol. The molecule has 2 rings (SSSR count). The van der Waals surface area contributed by atoms with Gasteiger partial charge in [-0.2, -0.15) is 0 Å². The third-order valence-corrected chi connectivity index (χ3v) is 6.23. The molecule has 6 nitrogen and oxygen atoms in total. The van der Waals surface area contributed by atoms with Crippen LogP contribution < -0.4 is 5.32 Å². The monoisotopic (exact) mass is 393 g/mol. The normalized spacial score (nSPS) is 17.4. The second-order valence-electron chi connectivity index (χ2n) is 6.04. The minimum Gasteiger partial charge on any atom is -0.341 e. The van der Waals surface area contributed by atoms with Gasteiger partial charge in [-0.3, -0.25) is 4.79 Å². The second-order valence-corrected chi connectivity index (χ2v) is 8.08. The zero-order chi connectivity index (χ0) is 17.7. The summed E-state index contributed by atoms with van der Waals surface area (Å²) in [5.74, 6) is -0.456. The van der Waals surface area contributed by atoms with E-state index in [1.165, 1.54) is 23.5 Å². The van der Waals surface area contributed by atoms with Gasteiger partial charge in [0, 0.05) is 39.6 Å². The van der Waals surface area contributed by atoms with Gasteiger partial charge < -0.3 is 10.2 Å². The molecule has 0 spiro atoms. The SMILES string of the molecule is CN(C(=O)CCCN(C)S(=O)(=O)c1ccc(F)cc1)C1CCNC1.Cl. The van der Waals surface area contributed by atoms with Gasteiger partial charge in [-0.1, -0.05) is 0 Å². The third kappa shape index (κ3) is 5.64. The van der Waals surface area contributed by atoms with Gasteiger partial charge in [-0.25, -0.2) is 17.1 Å². The summed E-state index contributed by atoms with van der Waals surface area (Å²) in [5, 5.41) is 3.22. The van der Waals surface area contributed by atoms with E-state index in [1.54, 1.807) is 11.9 Å². The molecule has 25 heavy (non-hydrogen) atoms. The molecule has 1 saturated heterocycles. The average molecular weight is 394 g/mol. The van der Waals surface area contributed by atoms with E-state index in [9.17, 15) is 17.6 Å². The number of sulfonamides is 1. The molecule has 1 unspecified atom stereocenters. The van der Waals surface area contributed by atoms with Crippen molar-refractivity contribution in [2.45, 2.75) is 30.2 Å². The van der Waals surface area contributed by atoms with Crippen LogP contribution in [0.1, 0.15) is 19.3 Å². The number of rotatable bonds is 7. The van der Waals surface area contributed by atoms with Crippen molar-refractivity contribution in [1.29, 1.82) is 0 Å². The Bertz CT molecular complexity index is 664. The summed E-state index contributed by atoms with van der Waals surface area (Å²) in [6.45, 7) is 1.96. The number of hydrogen-bond acceptors (Lipinski definition) is 4. The van der Waals surface area contributed by atoms with Crippen LogP contribution in [0.4, 0.5) is 4.39 Å². The first-order valence-corrected chi connectivity index (χ1v) is 9.44. The number of nitrogens with one attached hydrogen (secondary N) is 1. The number of likely N-dealkylation sites (N-methyl/N-ethyl adjacent to an activating group) is 1. The Morgan fingerprint density at radius 2 is 1.92 bits per heavy atom. The molecule has 0 aliphatic carbocycles. The molecule has 1 N–H and O–H groups in total. The van der Waals surface area contributed by atoms with E-state index in [0.717, 1.165) is 31.6 Å². The lowest BCUT2D eigenvalue weighted by molar-refractivity contribution is -0.131. The molecule has 1 heterocycles. The topological polar surface area (TPSA) is 69.7 Å². The van der Waals surface area contributed by atoms with E-state index < -0.39 is 15.8 Å². The van der Waals surface area contributed by atoms with E-state index in [-0.39, 0.29) is 35.8 Å². The van der Waals surface area contributed by atoms with Crippen molar-refractivity contribution in [3.05, 3.63) is 30.1 Å². The smallest absolute Gasteiger partial charge is 0.242 e. The van der Waals surface area contributed by atoms with Crippen LogP contribution in [0.2, 0.25) is 0 Å². The standard InChI is InChI=1S/C16H24FN3O3S.ClH/c1-19(24(22,23)15-7-5-13(17)6-8-15)11-3-4-16(21)20(2)14-9-10-18-12-14;/h5-8,14,18H,3-4,9-12H2,1-2H3;1H. The largest absolute Gasteiger partial charge is 0.341 e. The zero-order valence-corrected chi connectivity index (χ0v) is 16.1. The van der Waals surface area contributed by atoms with E-state index in [2.05, 4.69) is 5.32 Å². The second kappa shape index (κ2) is 9.47. The van der Waals surface area contributed by atoms with Crippen molar-refractivity contribution in [2.75, 3.05) is 33.7 Å². The van der Waals surface area contributed by atoms with E-state index in [0.29, 0.717) is 12.8 Å². The van der Waals surface area contributed by atoms with Gasteiger partial charge >= 0.3 is 0 Å². The molecule has 1 aliphatic heterocycles. The molecule has 0 saturated carbocycles. The first kappa shape index (κ1) is 21.8.